The van der Waals surface area contributed by atoms with E-state index in [1.807, 2.05) is 0 Å². The Morgan fingerprint density at radius 3 is 2.25 bits per heavy atom. The number of hydrogen-bond donors (Lipinski definition) is 0. The van der Waals surface area contributed by atoms with Gasteiger partial charge >= 0.3 is 0 Å². The van der Waals surface area contributed by atoms with Crippen molar-refractivity contribution in [2.24, 2.45) is 0 Å². The summed E-state index contributed by atoms with van der Waals surface area (Å²) in [6.07, 6.45) is -1.67. The fourth-order valence-electron chi connectivity index (χ4n) is 0.183. The van der Waals surface area contributed by atoms with E-state index < -0.39 is 6.36 Å². The van der Waals surface area contributed by atoms with Crippen LogP contribution in [0.4, 0.5) is 0 Å². The van der Waals surface area contributed by atoms with Gasteiger partial charge in [-0.05, 0) is 39.4 Å². The Kier molecular flexibility index (Phi) is 4.47. The van der Waals surface area contributed by atoms with Gasteiger partial charge in [0.1, 0.15) is 0 Å². The van der Waals surface area contributed by atoms with Crippen LogP contribution in [0.5, 0.6) is 0 Å². The maximum absolute atomic E-state index is 5.54. The van der Waals surface area contributed by atoms with E-state index in [0.717, 1.165) is 0 Å². The van der Waals surface area contributed by atoms with Crippen LogP contribution in [0.15, 0.2) is 0 Å². The number of ether oxygens (including phenoxy) is 1. The van der Waals surface area contributed by atoms with Crippen molar-refractivity contribution in [3.63, 3.8) is 0 Å². The summed E-state index contributed by atoms with van der Waals surface area (Å²) in [5, 5.41) is 0. The summed E-state index contributed by atoms with van der Waals surface area (Å²) in [5.41, 5.74) is 0. The van der Waals surface area contributed by atoms with Crippen molar-refractivity contribution in [3.05, 3.63) is 0 Å². The van der Waals surface area contributed by atoms with Crippen LogP contribution in [0.2, 0.25) is 0 Å². The Labute approximate surface area is 63.7 Å². The molecule has 0 rings (SSSR count). The zero-order chi connectivity index (χ0) is 6.62. The predicted octanol–water partition coefficient (Wildman–Crippen LogP) is 0.864. The minimum absolute atomic E-state index is 0.575. The van der Waals surface area contributed by atoms with E-state index in [2.05, 4.69) is 0 Å². The third-order valence-corrected chi connectivity index (χ3v) is 2.65. The molecule has 0 aromatic carbocycles. The van der Waals surface area contributed by atoms with Gasteiger partial charge in [0.25, 0.3) is 0 Å². The SMILES string of the molecule is COCCS(=S)(=S)Cl. The highest BCUT2D eigenvalue weighted by molar-refractivity contribution is 8.67. The van der Waals surface area contributed by atoms with E-state index in [-0.39, 0.29) is 0 Å². The molecule has 8 heavy (non-hydrogen) atoms. The normalized spacial score (nSPS) is 11.8. The average molecular weight is 191 g/mol. The Balaban J connectivity index is 3.42. The number of methoxy groups -OCH3 is 1. The molecule has 0 aliphatic rings. The fraction of sp³-hybridized carbons (Fsp3) is 1.00. The molecule has 0 bridgehead atoms. The third kappa shape index (κ3) is 7.04. The topological polar surface area (TPSA) is 9.23 Å². The summed E-state index contributed by atoms with van der Waals surface area (Å²) in [5.74, 6) is 0.621. The summed E-state index contributed by atoms with van der Waals surface area (Å²) in [7, 11) is 7.15. The number of hydrogen-bond acceptors (Lipinski definition) is 3. The van der Waals surface area contributed by atoms with E-state index in [9.17, 15) is 0 Å². The molecule has 50 valence electrons. The van der Waals surface area contributed by atoms with Crippen molar-refractivity contribution >= 4 is 39.4 Å². The van der Waals surface area contributed by atoms with Crippen molar-refractivity contribution < 1.29 is 4.74 Å². The second-order valence-corrected chi connectivity index (χ2v) is 9.45. The highest BCUT2D eigenvalue weighted by Gasteiger charge is 1.92. The Bertz CT molecular complexity index is 139. The fourth-order valence-corrected chi connectivity index (χ4v) is 1.15. The van der Waals surface area contributed by atoms with E-state index in [1.165, 1.54) is 0 Å². The lowest BCUT2D eigenvalue weighted by Gasteiger charge is -1.96. The van der Waals surface area contributed by atoms with Crippen molar-refractivity contribution in [1.29, 1.82) is 0 Å². The van der Waals surface area contributed by atoms with E-state index >= 15 is 0 Å². The van der Waals surface area contributed by atoms with Gasteiger partial charge < -0.3 is 4.74 Å². The summed E-state index contributed by atoms with van der Waals surface area (Å²) < 4.78 is 4.72. The summed E-state index contributed by atoms with van der Waals surface area (Å²) in [6, 6.07) is 0. The first-order valence-corrected chi connectivity index (χ1v) is 6.45. The van der Waals surface area contributed by atoms with Gasteiger partial charge in [-0.2, -0.15) is 0 Å². The van der Waals surface area contributed by atoms with Crippen LogP contribution in [0.25, 0.3) is 0 Å². The first-order chi connectivity index (χ1) is 3.56. The van der Waals surface area contributed by atoms with Gasteiger partial charge in [0, 0.05) is 12.9 Å². The largest absolute Gasteiger partial charge is 0.384 e. The molecule has 0 fully saturated rings. The van der Waals surface area contributed by atoms with Crippen LogP contribution in [0, 0.1) is 0 Å². The van der Waals surface area contributed by atoms with Crippen LogP contribution in [0.3, 0.4) is 0 Å². The minimum Gasteiger partial charge on any atom is -0.384 e. The van der Waals surface area contributed by atoms with Gasteiger partial charge in [-0.1, -0.05) is 0 Å². The minimum atomic E-state index is -1.67. The van der Waals surface area contributed by atoms with Crippen LogP contribution in [-0.4, -0.2) is 19.5 Å². The molecular weight excluding hydrogens is 184 g/mol. The van der Waals surface area contributed by atoms with Crippen LogP contribution in [-0.2, 0) is 33.5 Å². The standard InChI is InChI=1S/C3H7ClOS3/c1-5-2-3-8(4,6)7/h2-3H2,1H3. The monoisotopic (exact) mass is 190 g/mol. The van der Waals surface area contributed by atoms with Crippen molar-refractivity contribution in [3.8, 4) is 0 Å². The quantitative estimate of drug-likeness (QED) is 0.612. The lowest BCUT2D eigenvalue weighted by molar-refractivity contribution is 0.218. The van der Waals surface area contributed by atoms with Crippen LogP contribution < -0.4 is 0 Å². The Morgan fingerprint density at radius 2 is 2.12 bits per heavy atom. The maximum Gasteiger partial charge on any atom is 0.0570 e. The van der Waals surface area contributed by atoms with Crippen LogP contribution in [0.1, 0.15) is 0 Å². The van der Waals surface area contributed by atoms with Gasteiger partial charge in [-0.25, -0.2) is 0 Å². The van der Waals surface area contributed by atoms with Gasteiger partial charge in [0.15, 0.2) is 0 Å². The highest BCUT2D eigenvalue weighted by atomic mass is 35.8. The Morgan fingerprint density at radius 1 is 1.62 bits per heavy atom. The highest BCUT2D eigenvalue weighted by Crippen LogP contribution is 1.96. The van der Waals surface area contributed by atoms with Gasteiger partial charge in [0.2, 0.25) is 0 Å². The molecule has 0 aliphatic carbocycles. The molecule has 0 aromatic rings. The second kappa shape index (κ2) is 3.95. The first-order valence-electron chi connectivity index (χ1n) is 1.97. The van der Waals surface area contributed by atoms with E-state index in [4.69, 9.17) is 37.8 Å². The molecule has 0 unspecified atom stereocenters. The lowest BCUT2D eigenvalue weighted by Crippen LogP contribution is -2.01. The zero-order valence-electron chi connectivity index (χ0n) is 4.43. The average Bonchev–Trinajstić information content (AvgIpc) is 1.59. The van der Waals surface area contributed by atoms with E-state index in [0.29, 0.717) is 12.4 Å². The maximum atomic E-state index is 5.54. The summed E-state index contributed by atoms with van der Waals surface area (Å²) in [4.78, 5) is 0. The molecule has 0 spiro atoms. The van der Waals surface area contributed by atoms with Crippen molar-refractivity contribution in [2.45, 2.75) is 0 Å². The third-order valence-electron chi connectivity index (χ3n) is 0.531. The molecule has 5 heteroatoms. The molecule has 1 nitrogen and oxygen atoms in total. The number of rotatable bonds is 3. The second-order valence-electron chi connectivity index (χ2n) is 1.24. The molecular formula is C3H7ClOS3. The molecule has 0 atom stereocenters. The molecule has 0 radical (unpaired) electrons. The number of halogens is 1. The molecule has 0 heterocycles. The molecule has 0 amide bonds. The Hall–Kier alpha value is 1.04. The summed E-state index contributed by atoms with van der Waals surface area (Å²) >= 11 is 9.47. The molecule has 0 saturated heterocycles. The van der Waals surface area contributed by atoms with Gasteiger partial charge in [-0.15, -0.1) is 0 Å². The predicted molar refractivity (Wildman–Crippen MR) is 44.7 cm³/mol. The van der Waals surface area contributed by atoms with Crippen molar-refractivity contribution in [1.82, 2.24) is 0 Å². The first kappa shape index (κ1) is 9.04. The van der Waals surface area contributed by atoms with E-state index in [1.54, 1.807) is 7.11 Å². The molecule has 0 aliphatic heterocycles. The zero-order valence-corrected chi connectivity index (χ0v) is 7.63. The van der Waals surface area contributed by atoms with Gasteiger partial charge in [-0.3, -0.25) is 0 Å². The smallest absolute Gasteiger partial charge is 0.0570 e. The van der Waals surface area contributed by atoms with Gasteiger partial charge in [0.05, 0.1) is 6.61 Å². The van der Waals surface area contributed by atoms with Crippen molar-refractivity contribution in [2.75, 3.05) is 19.5 Å². The molecule has 0 saturated carbocycles. The van der Waals surface area contributed by atoms with Crippen LogP contribution >= 0.6 is 10.7 Å². The summed E-state index contributed by atoms with van der Waals surface area (Å²) in [6.45, 7) is 0.575. The lowest BCUT2D eigenvalue weighted by atomic mass is 10.9. The molecule has 0 aromatic heterocycles. The molecule has 0 N–H and O–H groups in total.